The Balaban J connectivity index is 1.43. The number of hydrogen-bond donors (Lipinski definition) is 0. The number of ketones is 1. The van der Waals surface area contributed by atoms with Crippen molar-refractivity contribution in [1.29, 1.82) is 0 Å². The van der Waals surface area contributed by atoms with Crippen LogP contribution in [0.15, 0.2) is 71.7 Å². The van der Waals surface area contributed by atoms with E-state index < -0.39 is 20.5 Å². The number of benzene rings is 1. The molecule has 0 amide bonds. The van der Waals surface area contributed by atoms with Gasteiger partial charge in [-0.05, 0) is 99.0 Å². The topological polar surface area (TPSA) is 99.7 Å². The molecule has 0 unspecified atom stereocenters. The van der Waals surface area contributed by atoms with E-state index in [2.05, 4.69) is 15.2 Å². The minimum Gasteiger partial charge on any atom is -0.291 e. The first-order chi connectivity index (χ1) is 19.1. The van der Waals surface area contributed by atoms with Crippen LogP contribution in [0, 0.1) is 24.1 Å². The minimum absolute atomic E-state index is 0.0988. The molecule has 0 radical (unpaired) electrons. The predicted octanol–water partition coefficient (Wildman–Crippen LogP) is 4.92. The lowest BCUT2D eigenvalue weighted by atomic mass is 9.58. The van der Waals surface area contributed by atoms with Crippen LogP contribution in [0.1, 0.15) is 53.5 Å². The second kappa shape index (κ2) is 9.62. The van der Waals surface area contributed by atoms with Crippen molar-refractivity contribution >= 4 is 21.7 Å². The van der Waals surface area contributed by atoms with Gasteiger partial charge in [0.15, 0.2) is 15.6 Å². The second-order valence-corrected chi connectivity index (χ2v) is 13.3. The fraction of sp³-hybridized carbons (Fsp3) is 0.333. The predicted molar refractivity (Wildman–Crippen MR) is 148 cm³/mol. The van der Waals surface area contributed by atoms with Gasteiger partial charge < -0.3 is 0 Å². The summed E-state index contributed by atoms with van der Waals surface area (Å²) in [4.78, 5) is 19.0. The molecule has 0 saturated heterocycles. The van der Waals surface area contributed by atoms with Crippen LogP contribution < -0.4 is 0 Å². The molecule has 206 valence electrons. The molecule has 3 aromatic heterocycles. The molecule has 0 N–H and O–H groups in total. The Morgan fingerprint density at radius 2 is 1.93 bits per heavy atom. The van der Waals surface area contributed by atoms with Gasteiger partial charge in [-0.1, -0.05) is 5.57 Å². The number of aryl methyl sites for hydroxylation is 2. The van der Waals surface area contributed by atoms with Gasteiger partial charge in [0.05, 0.1) is 34.4 Å². The van der Waals surface area contributed by atoms with Gasteiger partial charge in [0.1, 0.15) is 16.4 Å². The van der Waals surface area contributed by atoms with E-state index in [-0.39, 0.29) is 22.4 Å². The van der Waals surface area contributed by atoms with Crippen molar-refractivity contribution in [2.75, 3.05) is 0 Å². The van der Waals surface area contributed by atoms with Crippen LogP contribution in [0.3, 0.4) is 0 Å². The Morgan fingerprint density at radius 3 is 2.62 bits per heavy atom. The first kappa shape index (κ1) is 26.3. The summed E-state index contributed by atoms with van der Waals surface area (Å²) >= 11 is 0. The number of sulfone groups is 1. The summed E-state index contributed by atoms with van der Waals surface area (Å²) in [5, 5.41) is 7.95. The third-order valence-corrected chi connectivity index (χ3v) is 10.7. The maximum atomic E-state index is 14.4. The fourth-order valence-corrected chi connectivity index (χ4v) is 7.92. The van der Waals surface area contributed by atoms with Crippen LogP contribution in [0.5, 0.6) is 0 Å². The Kier molecular flexibility index (Phi) is 6.33. The Bertz CT molecular complexity index is 1760. The van der Waals surface area contributed by atoms with Gasteiger partial charge in [-0.25, -0.2) is 17.5 Å². The summed E-state index contributed by atoms with van der Waals surface area (Å²) in [6, 6.07) is 9.78. The van der Waals surface area contributed by atoms with E-state index in [1.54, 1.807) is 49.2 Å². The average molecular weight is 560 g/mol. The number of rotatable bonds is 6. The smallest absolute Gasteiger partial charge is 0.191 e. The number of Topliss-reactive ketones (excluding diaryl/α,β-unsaturated/α-hetero) is 1. The number of pyridine rings is 1. The van der Waals surface area contributed by atoms with Crippen LogP contribution in [0.4, 0.5) is 4.39 Å². The molecule has 1 saturated carbocycles. The molecule has 4 aromatic rings. The Morgan fingerprint density at radius 1 is 1.15 bits per heavy atom. The van der Waals surface area contributed by atoms with Crippen LogP contribution in [0.25, 0.3) is 11.8 Å². The van der Waals surface area contributed by atoms with Gasteiger partial charge in [-0.3, -0.25) is 14.5 Å². The van der Waals surface area contributed by atoms with E-state index in [1.807, 2.05) is 19.1 Å². The molecule has 3 atom stereocenters. The highest BCUT2D eigenvalue weighted by Crippen LogP contribution is 2.53. The number of nitrogens with zero attached hydrogens (tertiary/aromatic N) is 5. The molecule has 8 nitrogen and oxygen atoms in total. The molecule has 3 heterocycles. The molecule has 1 aromatic carbocycles. The summed E-state index contributed by atoms with van der Waals surface area (Å²) in [6.07, 6.45) is 10.3. The average Bonchev–Trinajstić information content (AvgIpc) is 3.57. The number of halogens is 1. The highest BCUT2D eigenvalue weighted by atomic mass is 32.2. The van der Waals surface area contributed by atoms with Crippen molar-refractivity contribution in [2.24, 2.45) is 18.4 Å². The number of carbonyl (C=O) groups is 1. The molecule has 2 aliphatic carbocycles. The SMILES string of the molecule is Cc1ccnc(C(=O)[C@]23Cc4cnn(-c5ccc(F)cc5)c4C=C2CC[C@H]([C@H](C)S(=O)(=O)c2cnn(C)c2)C3)c1. The molecule has 0 bridgehead atoms. The lowest BCUT2D eigenvalue weighted by Gasteiger charge is -2.45. The standard InChI is InChI=1S/C30H30FN5O3S/c1-19-10-11-32-27(12-19)29(37)30-14-21(20(2)40(38,39)26-17-33-35(3)18-26)4-5-23(30)13-28-22(15-30)16-34-36(28)25-8-6-24(31)7-9-25/h6-13,16-18,20-21H,4-5,14-15H2,1-3H3/t20-,21-,30+/m0/s1. The molecular weight excluding hydrogens is 529 g/mol. The van der Waals surface area contributed by atoms with E-state index in [1.165, 1.54) is 29.2 Å². The summed E-state index contributed by atoms with van der Waals surface area (Å²) in [6.45, 7) is 3.66. The summed E-state index contributed by atoms with van der Waals surface area (Å²) < 4.78 is 44.0. The quantitative estimate of drug-likeness (QED) is 0.311. The van der Waals surface area contributed by atoms with Crippen molar-refractivity contribution in [3.05, 3.63) is 95.1 Å². The van der Waals surface area contributed by atoms with Crippen molar-refractivity contribution < 1.29 is 17.6 Å². The summed E-state index contributed by atoms with van der Waals surface area (Å²) in [5.41, 5.74) is 3.80. The zero-order chi connectivity index (χ0) is 28.2. The highest BCUT2D eigenvalue weighted by Gasteiger charge is 2.51. The minimum atomic E-state index is -3.65. The molecule has 6 rings (SSSR count). The molecule has 2 aliphatic rings. The molecule has 1 fully saturated rings. The molecule has 0 spiro atoms. The first-order valence-electron chi connectivity index (χ1n) is 13.3. The van der Waals surface area contributed by atoms with E-state index in [0.29, 0.717) is 31.4 Å². The Hall–Kier alpha value is -3.92. The largest absolute Gasteiger partial charge is 0.291 e. The normalized spacial score (nSPS) is 21.3. The Labute approximate surface area is 232 Å². The van der Waals surface area contributed by atoms with Crippen molar-refractivity contribution in [2.45, 2.75) is 49.7 Å². The molecule has 0 aliphatic heterocycles. The lowest BCUT2D eigenvalue weighted by Crippen LogP contribution is -2.45. The summed E-state index contributed by atoms with van der Waals surface area (Å²) in [7, 11) is -1.96. The van der Waals surface area contributed by atoms with Gasteiger partial charge in [-0.2, -0.15) is 10.2 Å². The van der Waals surface area contributed by atoms with Gasteiger partial charge in [0.2, 0.25) is 0 Å². The number of fused-ring (bicyclic) bond motifs is 2. The van der Waals surface area contributed by atoms with E-state index in [9.17, 15) is 17.6 Å². The number of hydrogen-bond acceptors (Lipinski definition) is 6. The highest BCUT2D eigenvalue weighted by molar-refractivity contribution is 7.92. The van der Waals surface area contributed by atoms with Crippen LogP contribution in [-0.2, 0) is 23.3 Å². The van der Waals surface area contributed by atoms with E-state index >= 15 is 0 Å². The monoisotopic (exact) mass is 559 g/mol. The van der Waals surface area contributed by atoms with Gasteiger partial charge in [-0.15, -0.1) is 0 Å². The molecule has 10 heteroatoms. The van der Waals surface area contributed by atoms with Crippen LogP contribution >= 0.6 is 0 Å². The fourth-order valence-electron chi connectivity index (χ4n) is 6.26. The van der Waals surface area contributed by atoms with Crippen LogP contribution in [0.2, 0.25) is 0 Å². The summed E-state index contributed by atoms with van der Waals surface area (Å²) in [5.74, 6) is -0.671. The van der Waals surface area contributed by atoms with Gasteiger partial charge >= 0.3 is 0 Å². The van der Waals surface area contributed by atoms with Gasteiger partial charge in [0, 0.05) is 19.4 Å². The molecule has 40 heavy (non-hydrogen) atoms. The number of aromatic nitrogens is 5. The third kappa shape index (κ3) is 4.30. The number of carbonyl (C=O) groups excluding carboxylic acids is 1. The van der Waals surface area contributed by atoms with Crippen molar-refractivity contribution in [1.82, 2.24) is 24.5 Å². The third-order valence-electron chi connectivity index (χ3n) is 8.52. The zero-order valence-corrected chi connectivity index (χ0v) is 23.4. The van der Waals surface area contributed by atoms with Crippen LogP contribution in [-0.4, -0.2) is 44.0 Å². The molecular formula is C30H30FN5O3S. The lowest BCUT2D eigenvalue weighted by molar-refractivity contribution is 0.0753. The van der Waals surface area contributed by atoms with E-state index in [4.69, 9.17) is 0 Å². The maximum absolute atomic E-state index is 14.4. The van der Waals surface area contributed by atoms with Crippen molar-refractivity contribution in [3.8, 4) is 5.69 Å². The first-order valence-corrected chi connectivity index (χ1v) is 14.9. The second-order valence-electron chi connectivity index (χ2n) is 11.0. The zero-order valence-electron chi connectivity index (χ0n) is 22.6. The van der Waals surface area contributed by atoms with Crippen molar-refractivity contribution in [3.63, 3.8) is 0 Å². The van der Waals surface area contributed by atoms with E-state index in [0.717, 1.165) is 28.1 Å². The maximum Gasteiger partial charge on any atom is 0.191 e. The van der Waals surface area contributed by atoms with Gasteiger partial charge in [0.25, 0.3) is 0 Å². The number of allylic oxidation sites excluding steroid dienone is 1.